The topological polar surface area (TPSA) is 64.6 Å². The Morgan fingerprint density at radius 1 is 1.37 bits per heavy atom. The van der Waals surface area contributed by atoms with Gasteiger partial charge in [0.15, 0.2) is 0 Å². The number of nitrogens with zero attached hydrogens (tertiary/aromatic N) is 3. The normalized spacial score (nSPS) is 26.8. The molecular formula is C12H17N3O3S. The molecule has 19 heavy (non-hydrogen) atoms. The lowest BCUT2D eigenvalue weighted by Crippen LogP contribution is -2.35. The summed E-state index contributed by atoms with van der Waals surface area (Å²) in [6.45, 7) is 2.16. The predicted molar refractivity (Wildman–Crippen MR) is 70.5 cm³/mol. The Balaban J connectivity index is 1.69. The summed E-state index contributed by atoms with van der Waals surface area (Å²) in [4.78, 5) is 13.8. The summed E-state index contributed by atoms with van der Waals surface area (Å²) in [6.07, 6.45) is 2.42. The molecule has 0 aliphatic carbocycles. The van der Waals surface area contributed by atoms with E-state index in [0.29, 0.717) is 24.3 Å². The van der Waals surface area contributed by atoms with E-state index in [1.165, 1.54) is 11.3 Å². The fraction of sp³-hybridized carbons (Fsp3) is 0.750. The molecule has 1 amide bonds. The molecule has 2 fully saturated rings. The summed E-state index contributed by atoms with van der Waals surface area (Å²) in [5, 5.41) is 9.90. The lowest BCUT2D eigenvalue weighted by molar-refractivity contribution is -0.127. The minimum Gasteiger partial charge on any atom is -0.381 e. The molecule has 2 aliphatic rings. The van der Waals surface area contributed by atoms with Crippen molar-refractivity contribution in [2.45, 2.75) is 31.3 Å². The fourth-order valence-corrected chi connectivity index (χ4v) is 3.27. The van der Waals surface area contributed by atoms with E-state index in [2.05, 4.69) is 10.2 Å². The third kappa shape index (κ3) is 2.63. The molecular weight excluding hydrogens is 266 g/mol. The number of hydrogen-bond acceptors (Lipinski definition) is 6. The van der Waals surface area contributed by atoms with Crippen LogP contribution in [0.25, 0.3) is 0 Å². The Morgan fingerprint density at radius 3 is 2.95 bits per heavy atom. The van der Waals surface area contributed by atoms with Crippen LogP contribution < -0.4 is 4.90 Å². The first-order chi connectivity index (χ1) is 9.25. The van der Waals surface area contributed by atoms with E-state index in [1.807, 2.05) is 0 Å². The second-order valence-electron chi connectivity index (χ2n) is 4.88. The first kappa shape index (κ1) is 13.0. The molecule has 2 atom stereocenters. The van der Waals surface area contributed by atoms with Gasteiger partial charge in [-0.2, -0.15) is 0 Å². The molecule has 0 unspecified atom stereocenters. The van der Waals surface area contributed by atoms with Crippen molar-refractivity contribution in [1.29, 1.82) is 0 Å². The molecule has 0 saturated carbocycles. The van der Waals surface area contributed by atoms with Gasteiger partial charge >= 0.3 is 0 Å². The molecule has 0 bridgehead atoms. The molecule has 0 N–H and O–H groups in total. The van der Waals surface area contributed by atoms with Crippen LogP contribution in [0.2, 0.25) is 0 Å². The maximum Gasteiger partial charge on any atom is 0.257 e. The van der Waals surface area contributed by atoms with E-state index in [1.54, 1.807) is 11.9 Å². The van der Waals surface area contributed by atoms with Gasteiger partial charge in [-0.3, -0.25) is 9.69 Å². The molecule has 7 heteroatoms. The number of carbonyl (C=O) groups is 1. The minimum atomic E-state index is -0.313. The van der Waals surface area contributed by atoms with Crippen LogP contribution in [-0.2, 0) is 14.3 Å². The van der Waals surface area contributed by atoms with Gasteiger partial charge in [-0.05, 0) is 19.3 Å². The zero-order valence-electron chi connectivity index (χ0n) is 10.9. The maximum absolute atomic E-state index is 12.2. The van der Waals surface area contributed by atoms with Crippen LogP contribution >= 0.6 is 11.3 Å². The fourth-order valence-electron chi connectivity index (χ4n) is 2.34. The van der Waals surface area contributed by atoms with Gasteiger partial charge in [-0.25, -0.2) is 0 Å². The number of carbonyl (C=O) groups excluding carboxylic acids is 1. The van der Waals surface area contributed by atoms with Crippen molar-refractivity contribution >= 4 is 22.4 Å². The van der Waals surface area contributed by atoms with Gasteiger partial charge in [0.25, 0.3) is 5.91 Å². The molecule has 3 heterocycles. The zero-order valence-corrected chi connectivity index (χ0v) is 11.7. The SMILES string of the molecule is CN(C(=O)[C@H]1CCCO1)c1nnc([C@@H]2CCOC2)s1. The van der Waals surface area contributed by atoms with E-state index in [-0.39, 0.29) is 12.0 Å². The first-order valence-corrected chi connectivity index (χ1v) is 7.37. The lowest BCUT2D eigenvalue weighted by Gasteiger charge is -2.17. The number of rotatable bonds is 3. The molecule has 0 spiro atoms. The van der Waals surface area contributed by atoms with Crippen LogP contribution in [0.1, 0.15) is 30.2 Å². The molecule has 104 valence electrons. The van der Waals surface area contributed by atoms with E-state index in [9.17, 15) is 4.79 Å². The molecule has 0 radical (unpaired) electrons. The molecule has 2 aliphatic heterocycles. The van der Waals surface area contributed by atoms with E-state index >= 15 is 0 Å². The highest BCUT2D eigenvalue weighted by Crippen LogP contribution is 2.31. The van der Waals surface area contributed by atoms with Gasteiger partial charge in [0, 0.05) is 26.2 Å². The van der Waals surface area contributed by atoms with Gasteiger partial charge in [0.2, 0.25) is 5.13 Å². The summed E-state index contributed by atoms with van der Waals surface area (Å²) in [5.41, 5.74) is 0. The highest BCUT2D eigenvalue weighted by atomic mass is 32.1. The van der Waals surface area contributed by atoms with Crippen molar-refractivity contribution in [3.05, 3.63) is 5.01 Å². The molecule has 2 saturated heterocycles. The maximum atomic E-state index is 12.2. The van der Waals surface area contributed by atoms with Crippen LogP contribution in [-0.4, -0.2) is 49.1 Å². The Hall–Kier alpha value is -1.05. The smallest absolute Gasteiger partial charge is 0.257 e. The Labute approximate surface area is 115 Å². The van der Waals surface area contributed by atoms with E-state index < -0.39 is 0 Å². The number of likely N-dealkylation sites (N-methyl/N-ethyl adjacent to an activating group) is 1. The quantitative estimate of drug-likeness (QED) is 0.833. The molecule has 6 nitrogen and oxygen atoms in total. The molecule has 1 aromatic rings. The van der Waals surface area contributed by atoms with Crippen molar-refractivity contribution in [1.82, 2.24) is 10.2 Å². The van der Waals surface area contributed by atoms with Crippen molar-refractivity contribution in [2.24, 2.45) is 0 Å². The summed E-state index contributed by atoms with van der Waals surface area (Å²) >= 11 is 1.47. The number of anilines is 1. The van der Waals surface area contributed by atoms with E-state index in [4.69, 9.17) is 9.47 Å². The highest BCUT2D eigenvalue weighted by Gasteiger charge is 2.29. The largest absolute Gasteiger partial charge is 0.381 e. The van der Waals surface area contributed by atoms with Crippen LogP contribution in [0.5, 0.6) is 0 Å². The van der Waals surface area contributed by atoms with Crippen LogP contribution in [0.4, 0.5) is 5.13 Å². The number of ether oxygens (including phenoxy) is 2. The van der Waals surface area contributed by atoms with Gasteiger partial charge in [0.1, 0.15) is 11.1 Å². The second kappa shape index (κ2) is 5.52. The lowest BCUT2D eigenvalue weighted by atomic mass is 10.1. The minimum absolute atomic E-state index is 0.0251. The van der Waals surface area contributed by atoms with Crippen LogP contribution in [0.15, 0.2) is 0 Å². The van der Waals surface area contributed by atoms with E-state index in [0.717, 1.165) is 30.9 Å². The van der Waals surface area contributed by atoms with Gasteiger partial charge in [0.05, 0.1) is 6.61 Å². The van der Waals surface area contributed by atoms with Crippen molar-refractivity contribution in [2.75, 3.05) is 31.8 Å². The highest BCUT2D eigenvalue weighted by molar-refractivity contribution is 7.15. The standard InChI is InChI=1S/C12H17N3O3S/c1-15(11(16)9-3-2-5-18-9)12-14-13-10(19-12)8-4-6-17-7-8/h8-9H,2-7H2,1H3/t8-,9-/m1/s1. The summed E-state index contributed by atoms with van der Waals surface area (Å²) in [7, 11) is 1.74. The average molecular weight is 283 g/mol. The molecule has 0 aromatic carbocycles. The Bertz CT molecular complexity index is 453. The third-order valence-corrected chi connectivity index (χ3v) is 4.69. The van der Waals surface area contributed by atoms with Gasteiger partial charge < -0.3 is 9.47 Å². The van der Waals surface area contributed by atoms with Crippen molar-refractivity contribution in [3.63, 3.8) is 0 Å². The second-order valence-corrected chi connectivity index (χ2v) is 5.87. The summed E-state index contributed by atoms with van der Waals surface area (Å²) in [5.74, 6) is 0.306. The average Bonchev–Trinajstić information content (AvgIpc) is 3.16. The zero-order chi connectivity index (χ0) is 13.2. The molecule has 3 rings (SSSR count). The monoisotopic (exact) mass is 283 g/mol. The predicted octanol–water partition coefficient (Wildman–Crippen LogP) is 1.18. The van der Waals surface area contributed by atoms with Crippen LogP contribution in [0, 0.1) is 0 Å². The Morgan fingerprint density at radius 2 is 2.26 bits per heavy atom. The number of aromatic nitrogens is 2. The summed E-state index contributed by atoms with van der Waals surface area (Å²) in [6, 6.07) is 0. The van der Waals surface area contributed by atoms with Crippen molar-refractivity contribution in [3.8, 4) is 0 Å². The van der Waals surface area contributed by atoms with Crippen LogP contribution in [0.3, 0.4) is 0 Å². The third-order valence-electron chi connectivity index (χ3n) is 3.53. The first-order valence-electron chi connectivity index (χ1n) is 6.56. The van der Waals surface area contributed by atoms with Gasteiger partial charge in [-0.1, -0.05) is 11.3 Å². The van der Waals surface area contributed by atoms with Crippen molar-refractivity contribution < 1.29 is 14.3 Å². The number of amides is 1. The Kier molecular flexibility index (Phi) is 3.76. The summed E-state index contributed by atoms with van der Waals surface area (Å²) < 4.78 is 10.8. The van der Waals surface area contributed by atoms with Gasteiger partial charge in [-0.15, -0.1) is 10.2 Å². The molecule has 1 aromatic heterocycles. The number of hydrogen-bond donors (Lipinski definition) is 0.